The third-order valence-corrected chi connectivity index (χ3v) is 9.89. The molecule has 28 heavy (non-hydrogen) atoms. The SMILES string of the molecule is CO/N=C1\C=CC2(C)C(=C1)CCC1C2CCC2(C)C1CCC2(C)O[Si](C)(C)C. The number of rotatable bonds is 3. The van der Waals surface area contributed by atoms with Crippen LogP contribution in [0.1, 0.15) is 59.3 Å². The van der Waals surface area contributed by atoms with Crippen LogP contribution in [-0.2, 0) is 9.26 Å². The van der Waals surface area contributed by atoms with Gasteiger partial charge < -0.3 is 9.26 Å². The normalized spacial score (nSPS) is 46.6. The molecule has 3 nitrogen and oxygen atoms in total. The van der Waals surface area contributed by atoms with E-state index in [0.717, 1.165) is 23.5 Å². The highest BCUT2D eigenvalue weighted by Crippen LogP contribution is 2.67. The van der Waals surface area contributed by atoms with Crippen molar-refractivity contribution in [1.29, 1.82) is 0 Å². The highest BCUT2D eigenvalue weighted by Gasteiger charge is 2.63. The Morgan fingerprint density at radius 3 is 2.43 bits per heavy atom. The molecule has 0 N–H and O–H groups in total. The van der Waals surface area contributed by atoms with Gasteiger partial charge in [0.1, 0.15) is 12.8 Å². The lowest BCUT2D eigenvalue weighted by molar-refractivity contribution is -0.102. The fraction of sp³-hybridized carbons (Fsp3) is 0.792. The summed E-state index contributed by atoms with van der Waals surface area (Å²) >= 11 is 0. The molecule has 4 rings (SSSR count). The fourth-order valence-electron chi connectivity index (χ4n) is 7.44. The van der Waals surface area contributed by atoms with Crippen LogP contribution in [0.2, 0.25) is 19.6 Å². The number of nitrogens with zero attached hydrogens (tertiary/aromatic N) is 1. The summed E-state index contributed by atoms with van der Waals surface area (Å²) in [6, 6.07) is 0. The van der Waals surface area contributed by atoms with Gasteiger partial charge in [0.2, 0.25) is 0 Å². The molecule has 6 atom stereocenters. The number of hydrogen-bond donors (Lipinski definition) is 0. The van der Waals surface area contributed by atoms with E-state index in [9.17, 15) is 0 Å². The molecule has 156 valence electrons. The van der Waals surface area contributed by atoms with Gasteiger partial charge in [0.05, 0.1) is 5.60 Å². The predicted molar refractivity (Wildman–Crippen MR) is 119 cm³/mol. The molecule has 6 unspecified atom stereocenters. The second-order valence-electron chi connectivity index (χ2n) is 11.3. The van der Waals surface area contributed by atoms with Crippen molar-refractivity contribution in [2.75, 3.05) is 7.11 Å². The van der Waals surface area contributed by atoms with E-state index >= 15 is 0 Å². The smallest absolute Gasteiger partial charge is 0.184 e. The molecule has 4 aliphatic rings. The monoisotopic (exact) mass is 401 g/mol. The maximum atomic E-state index is 6.89. The first kappa shape index (κ1) is 20.4. The number of oxime groups is 1. The third kappa shape index (κ3) is 2.97. The first-order valence-electron chi connectivity index (χ1n) is 11.2. The lowest BCUT2D eigenvalue weighted by Gasteiger charge is -2.59. The van der Waals surface area contributed by atoms with Gasteiger partial charge in [0.25, 0.3) is 0 Å². The summed E-state index contributed by atoms with van der Waals surface area (Å²) in [5.74, 6) is 2.37. The predicted octanol–water partition coefficient (Wildman–Crippen LogP) is 6.34. The van der Waals surface area contributed by atoms with Crippen molar-refractivity contribution in [3.05, 3.63) is 23.8 Å². The van der Waals surface area contributed by atoms with Crippen molar-refractivity contribution in [3.8, 4) is 0 Å². The van der Waals surface area contributed by atoms with Gasteiger partial charge in [0, 0.05) is 5.41 Å². The molecule has 3 saturated carbocycles. The molecular weight excluding hydrogens is 362 g/mol. The summed E-state index contributed by atoms with van der Waals surface area (Å²) in [5.41, 5.74) is 3.11. The maximum absolute atomic E-state index is 6.89. The van der Waals surface area contributed by atoms with E-state index in [0.29, 0.717) is 5.41 Å². The summed E-state index contributed by atoms with van der Waals surface area (Å²) in [4.78, 5) is 5.01. The molecule has 0 aromatic rings. The van der Waals surface area contributed by atoms with Gasteiger partial charge in [-0.05, 0) is 100 Å². The molecule has 0 heterocycles. The molecule has 3 fully saturated rings. The van der Waals surface area contributed by atoms with E-state index in [-0.39, 0.29) is 11.0 Å². The van der Waals surface area contributed by atoms with Gasteiger partial charge in [-0.25, -0.2) is 0 Å². The van der Waals surface area contributed by atoms with E-state index < -0.39 is 8.32 Å². The lowest BCUT2D eigenvalue weighted by Crippen LogP contribution is -2.56. The van der Waals surface area contributed by atoms with Crippen molar-refractivity contribution < 1.29 is 9.26 Å². The van der Waals surface area contributed by atoms with Crippen molar-refractivity contribution >= 4 is 14.0 Å². The second kappa shape index (κ2) is 6.56. The van der Waals surface area contributed by atoms with Gasteiger partial charge in [-0.3, -0.25) is 0 Å². The second-order valence-corrected chi connectivity index (χ2v) is 15.8. The molecule has 4 heteroatoms. The average Bonchev–Trinajstić information content (AvgIpc) is 2.85. The van der Waals surface area contributed by atoms with Crippen LogP contribution in [-0.4, -0.2) is 26.7 Å². The topological polar surface area (TPSA) is 30.8 Å². The molecule has 0 aromatic carbocycles. The Balaban J connectivity index is 1.63. The summed E-state index contributed by atoms with van der Waals surface area (Å²) in [6.07, 6.45) is 14.6. The summed E-state index contributed by atoms with van der Waals surface area (Å²) in [7, 11) is 0.0653. The molecule has 0 aliphatic heterocycles. The van der Waals surface area contributed by atoms with E-state index in [1.165, 1.54) is 38.5 Å². The minimum absolute atomic E-state index is 0.0603. The highest BCUT2D eigenvalue weighted by molar-refractivity contribution is 6.69. The first-order valence-corrected chi connectivity index (χ1v) is 14.6. The molecular formula is C24H39NO2Si. The Morgan fingerprint density at radius 2 is 1.75 bits per heavy atom. The average molecular weight is 402 g/mol. The Labute approximate surface area is 172 Å². The summed E-state index contributed by atoms with van der Waals surface area (Å²) < 4.78 is 6.89. The van der Waals surface area contributed by atoms with Crippen LogP contribution in [0.25, 0.3) is 0 Å². The molecule has 4 aliphatic carbocycles. The van der Waals surface area contributed by atoms with Crippen molar-refractivity contribution in [2.45, 2.75) is 84.5 Å². The van der Waals surface area contributed by atoms with Crippen LogP contribution < -0.4 is 0 Å². The summed E-state index contributed by atoms with van der Waals surface area (Å²) in [5, 5.41) is 4.17. The van der Waals surface area contributed by atoms with Crippen molar-refractivity contribution in [1.82, 2.24) is 0 Å². The van der Waals surface area contributed by atoms with Gasteiger partial charge in [-0.2, -0.15) is 0 Å². The van der Waals surface area contributed by atoms with Crippen LogP contribution in [0.3, 0.4) is 0 Å². The van der Waals surface area contributed by atoms with Gasteiger partial charge in [0.15, 0.2) is 8.32 Å². The van der Waals surface area contributed by atoms with Crippen LogP contribution in [0.15, 0.2) is 29.0 Å². The number of allylic oxidation sites excluding steroid dienone is 4. The zero-order valence-corrected chi connectivity index (χ0v) is 20.0. The standard InChI is InChI=1S/C24H39NO2Si/c1-22-13-10-18(25-26-4)16-17(22)8-9-19-20(22)11-14-23(2)21(19)12-15-24(23,3)27-28(5,6)7/h10,13,16,19-21H,8-9,11-12,14-15H2,1-7H3/b25-18+. The van der Waals surface area contributed by atoms with E-state index in [1.807, 2.05) is 0 Å². The van der Waals surface area contributed by atoms with E-state index in [4.69, 9.17) is 9.26 Å². The third-order valence-electron chi connectivity index (χ3n) is 8.83. The van der Waals surface area contributed by atoms with Crippen molar-refractivity contribution in [2.24, 2.45) is 33.7 Å². The van der Waals surface area contributed by atoms with Crippen molar-refractivity contribution in [3.63, 3.8) is 0 Å². The molecule has 0 aromatic heterocycles. The largest absolute Gasteiger partial charge is 0.412 e. The first-order chi connectivity index (χ1) is 13.0. The fourth-order valence-corrected chi connectivity index (χ4v) is 9.13. The summed E-state index contributed by atoms with van der Waals surface area (Å²) in [6.45, 7) is 14.5. The van der Waals surface area contributed by atoms with Crippen LogP contribution in [0.4, 0.5) is 0 Å². The minimum Gasteiger partial charge on any atom is -0.412 e. The minimum atomic E-state index is -1.57. The number of fused-ring (bicyclic) bond motifs is 5. The van der Waals surface area contributed by atoms with E-state index in [2.05, 4.69) is 63.8 Å². The molecule has 0 amide bonds. The van der Waals surface area contributed by atoms with E-state index in [1.54, 1.807) is 12.7 Å². The van der Waals surface area contributed by atoms with Crippen LogP contribution >= 0.6 is 0 Å². The molecule has 0 radical (unpaired) electrons. The Bertz CT molecular complexity index is 735. The Kier molecular flexibility index (Phi) is 4.78. The van der Waals surface area contributed by atoms with Gasteiger partial charge in [-0.15, -0.1) is 0 Å². The zero-order chi connectivity index (χ0) is 20.4. The molecule has 0 spiro atoms. The zero-order valence-electron chi connectivity index (χ0n) is 19.0. The Morgan fingerprint density at radius 1 is 1.04 bits per heavy atom. The Hall–Kier alpha value is -0.873. The van der Waals surface area contributed by atoms with Crippen LogP contribution in [0.5, 0.6) is 0 Å². The quantitative estimate of drug-likeness (QED) is 0.408. The number of hydrogen-bond acceptors (Lipinski definition) is 3. The van der Waals surface area contributed by atoms with Crippen LogP contribution in [0, 0.1) is 28.6 Å². The molecule has 0 bridgehead atoms. The lowest BCUT2D eigenvalue weighted by atomic mass is 9.47. The maximum Gasteiger partial charge on any atom is 0.184 e. The van der Waals surface area contributed by atoms with Gasteiger partial charge in [-0.1, -0.05) is 30.7 Å². The van der Waals surface area contributed by atoms with Gasteiger partial charge >= 0.3 is 0 Å². The molecule has 0 saturated heterocycles. The highest BCUT2D eigenvalue weighted by atomic mass is 28.4.